The molecule has 314 valence electrons. The van der Waals surface area contributed by atoms with Crippen LogP contribution in [0.3, 0.4) is 0 Å². The van der Waals surface area contributed by atoms with Crippen molar-refractivity contribution >= 4 is 23.9 Å². The van der Waals surface area contributed by atoms with Crippen molar-refractivity contribution in [2.75, 3.05) is 14.2 Å². The van der Waals surface area contributed by atoms with Crippen LogP contribution in [0, 0.1) is 16.2 Å². The van der Waals surface area contributed by atoms with Gasteiger partial charge < -0.3 is 48.5 Å². The molecule has 6 bridgehead atoms. The predicted molar refractivity (Wildman–Crippen MR) is 202 cm³/mol. The van der Waals surface area contributed by atoms with Crippen molar-refractivity contribution in [3.8, 4) is 0 Å². The summed E-state index contributed by atoms with van der Waals surface area (Å²) in [5.41, 5.74) is -1.49. The highest BCUT2D eigenvalue weighted by molar-refractivity contribution is 5.83. The number of ether oxygens (including phenoxy) is 7. The number of methoxy groups -OCH3 is 2. The van der Waals surface area contributed by atoms with Crippen LogP contribution in [0.5, 0.6) is 0 Å². The Morgan fingerprint density at radius 1 is 0.911 bits per heavy atom. The largest absolute Gasteiger partial charge is 0.493 e. The number of carbonyl (C=O) groups is 4. The zero-order valence-electron chi connectivity index (χ0n) is 34.5. The van der Waals surface area contributed by atoms with Gasteiger partial charge in [-0.15, -0.1) is 0 Å². The van der Waals surface area contributed by atoms with Gasteiger partial charge in [0.2, 0.25) is 0 Å². The van der Waals surface area contributed by atoms with Gasteiger partial charge in [0.1, 0.15) is 24.1 Å². The molecule has 0 radical (unpaired) electrons. The summed E-state index contributed by atoms with van der Waals surface area (Å²) in [5, 5.41) is 34.5. The fraction of sp³-hybridized carbons (Fsp3) is 0.714. The Labute approximate surface area is 330 Å². The lowest BCUT2D eigenvalue weighted by Crippen LogP contribution is -2.62. The van der Waals surface area contributed by atoms with E-state index in [1.54, 1.807) is 40.7 Å². The maximum Gasteiger partial charge on any atom is 0.330 e. The molecule has 2 fully saturated rings. The number of rotatable bonds is 4. The summed E-state index contributed by atoms with van der Waals surface area (Å²) in [6.07, 6.45) is 1.70. The number of fused-ring (bicyclic) bond motifs is 6. The normalized spacial score (nSPS) is 35.1. The summed E-state index contributed by atoms with van der Waals surface area (Å²) < 4.78 is 41.1. The van der Waals surface area contributed by atoms with Gasteiger partial charge >= 0.3 is 23.9 Å². The highest BCUT2D eigenvalue weighted by Gasteiger charge is 2.58. The van der Waals surface area contributed by atoms with Gasteiger partial charge in [-0.25, -0.2) is 9.59 Å². The molecule has 56 heavy (non-hydrogen) atoms. The van der Waals surface area contributed by atoms with Crippen molar-refractivity contribution in [1.29, 1.82) is 0 Å². The molecule has 4 rings (SSSR count). The summed E-state index contributed by atoms with van der Waals surface area (Å²) >= 11 is 0. The molecule has 4 heterocycles. The smallest absolute Gasteiger partial charge is 0.330 e. The van der Waals surface area contributed by atoms with Crippen LogP contribution in [0.15, 0.2) is 47.3 Å². The number of aliphatic hydroxyl groups is 3. The summed E-state index contributed by atoms with van der Waals surface area (Å²) in [5.74, 6) is -3.82. The van der Waals surface area contributed by atoms with E-state index in [1.165, 1.54) is 33.3 Å². The number of carbonyl (C=O) groups excluding carboxylic acids is 4. The monoisotopic (exact) mass is 790 g/mol. The Hall–Kier alpha value is -3.56. The van der Waals surface area contributed by atoms with E-state index < -0.39 is 101 Å². The maximum absolute atomic E-state index is 13.3. The Balaban J connectivity index is 1.81. The van der Waals surface area contributed by atoms with E-state index in [0.717, 1.165) is 5.57 Å². The number of allylic oxidation sites excluding steroid dienone is 2. The average molecular weight is 791 g/mol. The van der Waals surface area contributed by atoms with E-state index in [4.69, 9.17) is 33.2 Å². The van der Waals surface area contributed by atoms with Crippen LogP contribution < -0.4 is 0 Å². The van der Waals surface area contributed by atoms with Crippen molar-refractivity contribution in [3.63, 3.8) is 0 Å². The van der Waals surface area contributed by atoms with Crippen molar-refractivity contribution in [1.82, 2.24) is 0 Å². The highest BCUT2D eigenvalue weighted by Crippen LogP contribution is 2.49. The van der Waals surface area contributed by atoms with Crippen LogP contribution in [0.4, 0.5) is 0 Å². The number of hydrogen-bond donors (Lipinski definition) is 3. The van der Waals surface area contributed by atoms with Gasteiger partial charge in [0, 0.05) is 49.7 Å². The summed E-state index contributed by atoms with van der Waals surface area (Å²) in [6.45, 7) is 14.0. The molecular weight excluding hydrogens is 728 g/mol. The topological polar surface area (TPSA) is 194 Å². The first-order valence-electron chi connectivity index (χ1n) is 19.4. The van der Waals surface area contributed by atoms with E-state index in [0.29, 0.717) is 17.8 Å². The first-order valence-corrected chi connectivity index (χ1v) is 19.4. The fourth-order valence-electron chi connectivity index (χ4n) is 7.44. The zero-order chi connectivity index (χ0) is 41.8. The molecule has 4 aliphatic heterocycles. The third-order valence-corrected chi connectivity index (χ3v) is 11.1. The Morgan fingerprint density at radius 2 is 1.57 bits per heavy atom. The van der Waals surface area contributed by atoms with Gasteiger partial charge in [0.25, 0.3) is 0 Å². The van der Waals surface area contributed by atoms with Gasteiger partial charge in [-0.3, -0.25) is 9.59 Å². The van der Waals surface area contributed by atoms with Crippen LogP contribution in [0.2, 0.25) is 0 Å². The molecule has 4 aliphatic rings. The van der Waals surface area contributed by atoms with Gasteiger partial charge in [0.05, 0.1) is 62.0 Å². The second kappa shape index (κ2) is 17.9. The minimum Gasteiger partial charge on any atom is -0.493 e. The maximum atomic E-state index is 13.3. The third-order valence-electron chi connectivity index (χ3n) is 11.1. The van der Waals surface area contributed by atoms with E-state index in [-0.39, 0.29) is 38.5 Å². The first-order chi connectivity index (χ1) is 25.9. The molecule has 0 spiro atoms. The Kier molecular flexibility index (Phi) is 14.5. The standard InChI is InChI=1S/C42H62O14/c1-24(43)32-21-29-14-26(18-36(46)51-10)16-33(53-29)40(5,6)12-11-28-13-25(17-35(45)50-9)15-31(52-28)23-42(49)41(7,8)34(55-38(48)39(2,3)4)22-30(56-42)19-27(44)20-37(47)54-32/h11-12,16-18,24,27-32,34,43-44,49H,13-15,19-23H2,1-10H3/b12-11+,25-17+,26-18-/t24-,27-,28?,29?,30?,31?,32?,34?,42?/m1/s1. The molecule has 0 aromatic heterocycles. The van der Waals surface area contributed by atoms with E-state index in [1.807, 2.05) is 26.0 Å². The average Bonchev–Trinajstić information content (AvgIpc) is 3.08. The van der Waals surface area contributed by atoms with Crippen molar-refractivity contribution in [2.45, 2.75) is 161 Å². The molecule has 7 unspecified atom stereocenters. The molecule has 3 N–H and O–H groups in total. The first kappa shape index (κ1) is 45.1. The van der Waals surface area contributed by atoms with Crippen LogP contribution >= 0.6 is 0 Å². The Morgan fingerprint density at radius 3 is 2.20 bits per heavy atom. The molecule has 0 amide bonds. The minimum atomic E-state index is -1.97. The lowest BCUT2D eigenvalue weighted by molar-refractivity contribution is -0.349. The molecule has 0 aliphatic carbocycles. The molecule has 2 saturated heterocycles. The SMILES string of the molecule is COC(=O)/C=C1\C=C2OC(C1)CC([C@@H](C)O)OC(=O)C[C@H](O)CC1CC(OC(=O)C(C)(C)C)C(C)(C)C(O)(CC3C/C(=C/C(=O)OC)CC(/C=C/C2(C)C)O3)O1. The van der Waals surface area contributed by atoms with Crippen molar-refractivity contribution < 1.29 is 67.7 Å². The molecule has 14 heteroatoms. The van der Waals surface area contributed by atoms with E-state index >= 15 is 0 Å². The summed E-state index contributed by atoms with van der Waals surface area (Å²) in [4.78, 5) is 51.3. The van der Waals surface area contributed by atoms with E-state index in [9.17, 15) is 34.5 Å². The molecule has 0 aromatic carbocycles. The Bertz CT molecular complexity index is 1580. The summed E-state index contributed by atoms with van der Waals surface area (Å²) in [6, 6.07) is 0. The molecule has 9 atom stereocenters. The predicted octanol–water partition coefficient (Wildman–Crippen LogP) is 4.68. The van der Waals surface area contributed by atoms with Crippen LogP contribution in [0.25, 0.3) is 0 Å². The van der Waals surface area contributed by atoms with Gasteiger partial charge in [-0.2, -0.15) is 0 Å². The lowest BCUT2D eigenvalue weighted by atomic mass is 9.70. The lowest BCUT2D eigenvalue weighted by Gasteiger charge is -2.54. The zero-order valence-corrected chi connectivity index (χ0v) is 34.5. The second-order valence-electron chi connectivity index (χ2n) is 17.7. The molecular formula is C42H62O14. The molecule has 14 nitrogen and oxygen atoms in total. The molecule has 0 saturated carbocycles. The number of aliphatic hydroxyl groups excluding tert-OH is 2. The number of esters is 4. The second-order valence-corrected chi connectivity index (χ2v) is 17.7. The van der Waals surface area contributed by atoms with Gasteiger partial charge in [-0.05, 0) is 66.0 Å². The minimum absolute atomic E-state index is 0.0684. The number of hydrogen-bond acceptors (Lipinski definition) is 14. The summed E-state index contributed by atoms with van der Waals surface area (Å²) in [7, 11) is 2.57. The molecule has 0 aromatic rings. The van der Waals surface area contributed by atoms with Gasteiger partial charge in [0.15, 0.2) is 5.79 Å². The van der Waals surface area contributed by atoms with Crippen LogP contribution in [0.1, 0.15) is 107 Å². The van der Waals surface area contributed by atoms with Crippen LogP contribution in [-0.4, -0.2) is 108 Å². The number of cyclic esters (lactones) is 1. The van der Waals surface area contributed by atoms with Gasteiger partial charge in [-0.1, -0.05) is 31.6 Å². The van der Waals surface area contributed by atoms with E-state index in [2.05, 4.69) is 0 Å². The highest BCUT2D eigenvalue weighted by atomic mass is 16.6. The van der Waals surface area contributed by atoms with Crippen molar-refractivity contribution in [2.24, 2.45) is 16.2 Å². The van der Waals surface area contributed by atoms with Crippen molar-refractivity contribution in [3.05, 3.63) is 47.3 Å². The third kappa shape index (κ3) is 11.5. The fourth-order valence-corrected chi connectivity index (χ4v) is 7.44. The van der Waals surface area contributed by atoms with Crippen LogP contribution in [-0.2, 0) is 52.3 Å². The quantitative estimate of drug-likeness (QED) is 0.154.